The zero-order valence-electron chi connectivity index (χ0n) is 22.5. The maximum Gasteiger partial charge on any atom is 0.264 e. The molecular formula is C29H32Cl3N3O4S. The van der Waals surface area contributed by atoms with Gasteiger partial charge in [-0.3, -0.25) is 13.9 Å². The Kier molecular flexibility index (Phi) is 11.3. The molecule has 2 atom stereocenters. The molecule has 0 unspecified atom stereocenters. The standard InChI is InChI=1S/C29H32Cl3N3O4S/c1-4-20(3)33-29(37)27(5-2)34(18-21-11-13-22(30)14-12-21)28(36)19-35(23-15-16-25(31)26(32)17-23)40(38,39)24-9-7-6-8-10-24/h6-17,20,27H,4-5,18-19H2,1-3H3,(H,33,37)/t20-,27-/m1/s1. The lowest BCUT2D eigenvalue weighted by Crippen LogP contribution is -2.53. The van der Waals surface area contributed by atoms with Gasteiger partial charge >= 0.3 is 0 Å². The van der Waals surface area contributed by atoms with Gasteiger partial charge in [0, 0.05) is 17.6 Å². The Labute approximate surface area is 251 Å². The summed E-state index contributed by atoms with van der Waals surface area (Å²) in [7, 11) is -4.20. The van der Waals surface area contributed by atoms with Crippen molar-refractivity contribution in [2.75, 3.05) is 10.8 Å². The van der Waals surface area contributed by atoms with Crippen LogP contribution in [0, 0.1) is 0 Å². The predicted molar refractivity (Wildman–Crippen MR) is 161 cm³/mol. The Bertz CT molecular complexity index is 1420. The highest BCUT2D eigenvalue weighted by molar-refractivity contribution is 7.92. The summed E-state index contributed by atoms with van der Waals surface area (Å²) >= 11 is 18.4. The van der Waals surface area contributed by atoms with E-state index < -0.39 is 28.5 Å². The van der Waals surface area contributed by atoms with Crippen LogP contribution in [0.3, 0.4) is 0 Å². The number of anilines is 1. The van der Waals surface area contributed by atoms with Crippen molar-refractivity contribution in [3.05, 3.63) is 93.4 Å². The molecule has 3 aromatic carbocycles. The van der Waals surface area contributed by atoms with Gasteiger partial charge < -0.3 is 10.2 Å². The van der Waals surface area contributed by atoms with E-state index in [4.69, 9.17) is 34.8 Å². The van der Waals surface area contributed by atoms with E-state index in [1.165, 1.54) is 35.2 Å². The van der Waals surface area contributed by atoms with Crippen molar-refractivity contribution in [2.45, 2.75) is 57.1 Å². The van der Waals surface area contributed by atoms with Gasteiger partial charge in [0.2, 0.25) is 11.8 Å². The van der Waals surface area contributed by atoms with E-state index >= 15 is 0 Å². The number of nitrogens with zero attached hydrogens (tertiary/aromatic N) is 2. The van der Waals surface area contributed by atoms with E-state index in [-0.39, 0.29) is 39.1 Å². The third-order valence-electron chi connectivity index (χ3n) is 6.45. The molecule has 0 saturated carbocycles. The molecule has 11 heteroatoms. The highest BCUT2D eigenvalue weighted by Gasteiger charge is 2.34. The molecule has 40 heavy (non-hydrogen) atoms. The normalized spacial score (nSPS) is 12.8. The molecule has 0 radical (unpaired) electrons. The number of hydrogen-bond donors (Lipinski definition) is 1. The minimum Gasteiger partial charge on any atom is -0.352 e. The zero-order chi connectivity index (χ0) is 29.4. The Hall–Kier alpha value is -2.78. The Morgan fingerprint density at radius 3 is 2.10 bits per heavy atom. The van der Waals surface area contributed by atoms with Gasteiger partial charge in [0.05, 0.1) is 20.6 Å². The predicted octanol–water partition coefficient (Wildman–Crippen LogP) is 6.56. The summed E-state index contributed by atoms with van der Waals surface area (Å²) in [5.74, 6) is -0.877. The molecule has 214 valence electrons. The Morgan fingerprint density at radius 1 is 0.875 bits per heavy atom. The van der Waals surface area contributed by atoms with Crippen LogP contribution in [-0.4, -0.2) is 43.8 Å². The zero-order valence-corrected chi connectivity index (χ0v) is 25.6. The first-order chi connectivity index (χ1) is 19.0. The molecule has 0 heterocycles. The summed E-state index contributed by atoms with van der Waals surface area (Å²) in [4.78, 5) is 28.8. The Balaban J connectivity index is 2.06. The molecule has 0 aliphatic carbocycles. The van der Waals surface area contributed by atoms with Crippen LogP contribution in [0.5, 0.6) is 0 Å². The third kappa shape index (κ3) is 7.91. The maximum absolute atomic E-state index is 14.0. The molecule has 1 N–H and O–H groups in total. The van der Waals surface area contributed by atoms with Gasteiger partial charge in [0.25, 0.3) is 10.0 Å². The number of nitrogens with one attached hydrogen (secondary N) is 1. The average molecular weight is 625 g/mol. The first-order valence-corrected chi connectivity index (χ1v) is 15.4. The molecule has 0 bridgehead atoms. The molecule has 2 amide bonds. The van der Waals surface area contributed by atoms with Crippen molar-refractivity contribution >= 4 is 62.3 Å². The minimum atomic E-state index is -4.20. The topological polar surface area (TPSA) is 86.8 Å². The highest BCUT2D eigenvalue weighted by atomic mass is 35.5. The smallest absolute Gasteiger partial charge is 0.264 e. The lowest BCUT2D eigenvalue weighted by molar-refractivity contribution is -0.140. The van der Waals surface area contributed by atoms with E-state index in [1.54, 1.807) is 49.4 Å². The summed E-state index contributed by atoms with van der Waals surface area (Å²) in [6.45, 7) is 5.14. The first-order valence-electron chi connectivity index (χ1n) is 12.8. The molecule has 0 aliphatic heterocycles. The van der Waals surface area contributed by atoms with Gasteiger partial charge in [-0.1, -0.05) is 79.0 Å². The number of carbonyl (C=O) groups excluding carboxylic acids is 2. The molecule has 3 aromatic rings. The van der Waals surface area contributed by atoms with E-state index in [2.05, 4.69) is 5.32 Å². The average Bonchev–Trinajstić information content (AvgIpc) is 2.94. The number of halogens is 3. The van der Waals surface area contributed by atoms with Crippen molar-refractivity contribution in [3.63, 3.8) is 0 Å². The van der Waals surface area contributed by atoms with Crippen molar-refractivity contribution in [1.29, 1.82) is 0 Å². The fourth-order valence-electron chi connectivity index (χ4n) is 4.04. The van der Waals surface area contributed by atoms with Crippen LogP contribution in [-0.2, 0) is 26.2 Å². The van der Waals surface area contributed by atoms with E-state index in [0.717, 1.165) is 9.87 Å². The van der Waals surface area contributed by atoms with Crippen LogP contribution < -0.4 is 9.62 Å². The number of amides is 2. The number of carbonyl (C=O) groups is 2. The summed E-state index contributed by atoms with van der Waals surface area (Å²) in [6, 6.07) is 18.1. The van der Waals surface area contributed by atoms with Crippen LogP contribution in [0.2, 0.25) is 15.1 Å². The first kappa shape index (κ1) is 31.7. The van der Waals surface area contributed by atoms with Crippen LogP contribution >= 0.6 is 34.8 Å². The molecule has 0 fully saturated rings. The van der Waals surface area contributed by atoms with Crippen molar-refractivity contribution in [2.24, 2.45) is 0 Å². The lowest BCUT2D eigenvalue weighted by Gasteiger charge is -2.33. The second-order valence-corrected chi connectivity index (χ2v) is 12.4. The van der Waals surface area contributed by atoms with Crippen LogP contribution in [0.4, 0.5) is 5.69 Å². The summed E-state index contributed by atoms with van der Waals surface area (Å²) < 4.78 is 28.6. The number of hydrogen-bond acceptors (Lipinski definition) is 4. The van der Waals surface area contributed by atoms with Gasteiger partial charge in [-0.05, 0) is 67.8 Å². The number of sulfonamides is 1. The third-order valence-corrected chi connectivity index (χ3v) is 9.23. The van der Waals surface area contributed by atoms with Crippen molar-refractivity contribution < 1.29 is 18.0 Å². The van der Waals surface area contributed by atoms with Crippen LogP contribution in [0.15, 0.2) is 77.7 Å². The molecule has 7 nitrogen and oxygen atoms in total. The molecule has 3 rings (SSSR count). The second kappa shape index (κ2) is 14.2. The van der Waals surface area contributed by atoms with Crippen molar-refractivity contribution in [3.8, 4) is 0 Å². The molecule has 0 saturated heterocycles. The number of benzene rings is 3. The number of rotatable bonds is 12. The van der Waals surface area contributed by atoms with Gasteiger partial charge in [0.1, 0.15) is 12.6 Å². The van der Waals surface area contributed by atoms with E-state index in [9.17, 15) is 18.0 Å². The Morgan fingerprint density at radius 2 is 1.52 bits per heavy atom. The van der Waals surface area contributed by atoms with Gasteiger partial charge in [-0.25, -0.2) is 8.42 Å². The fourth-order valence-corrected chi connectivity index (χ4v) is 5.88. The molecule has 0 spiro atoms. The van der Waals surface area contributed by atoms with Gasteiger partial charge in [-0.15, -0.1) is 0 Å². The van der Waals surface area contributed by atoms with Crippen molar-refractivity contribution in [1.82, 2.24) is 10.2 Å². The summed E-state index contributed by atoms with van der Waals surface area (Å²) in [5, 5.41) is 3.86. The summed E-state index contributed by atoms with van der Waals surface area (Å²) in [6.07, 6.45) is 1.04. The fraction of sp³-hybridized carbons (Fsp3) is 0.310. The molecular weight excluding hydrogens is 593 g/mol. The maximum atomic E-state index is 14.0. The molecule has 0 aromatic heterocycles. The van der Waals surface area contributed by atoms with E-state index in [1.807, 2.05) is 13.8 Å². The lowest BCUT2D eigenvalue weighted by atomic mass is 10.1. The monoisotopic (exact) mass is 623 g/mol. The van der Waals surface area contributed by atoms with E-state index in [0.29, 0.717) is 17.9 Å². The van der Waals surface area contributed by atoms with Gasteiger partial charge in [0.15, 0.2) is 0 Å². The van der Waals surface area contributed by atoms with Gasteiger partial charge in [-0.2, -0.15) is 0 Å². The largest absolute Gasteiger partial charge is 0.352 e. The van der Waals surface area contributed by atoms with Crippen LogP contribution in [0.1, 0.15) is 39.2 Å². The summed E-state index contributed by atoms with van der Waals surface area (Å²) in [5.41, 5.74) is 0.898. The molecule has 0 aliphatic rings. The minimum absolute atomic E-state index is 0.000297. The SMILES string of the molecule is CC[C@@H](C)NC(=O)[C@@H](CC)N(Cc1ccc(Cl)cc1)C(=O)CN(c1ccc(Cl)c(Cl)c1)S(=O)(=O)c1ccccc1. The highest BCUT2D eigenvalue weighted by Crippen LogP contribution is 2.31. The van der Waals surface area contributed by atoms with Crippen LogP contribution in [0.25, 0.3) is 0 Å². The quantitative estimate of drug-likeness (QED) is 0.247. The second-order valence-electron chi connectivity index (χ2n) is 9.31.